The molecule has 4 aromatic rings. The number of benzene rings is 2. The number of nitrogens with zero attached hydrogens (tertiary/aromatic N) is 5. The molecule has 0 spiro atoms. The normalized spacial score (nSPS) is 11.9. The number of carboxylic acids is 1. The number of ether oxygens (including phenoxy) is 3. The van der Waals surface area contributed by atoms with Crippen molar-refractivity contribution < 1.29 is 32.9 Å². The molecule has 0 saturated heterocycles. The molecular formula is C27H27N5O7S. The van der Waals surface area contributed by atoms with Crippen LogP contribution < -0.4 is 18.5 Å². The molecule has 2 heterocycles. The van der Waals surface area contributed by atoms with Crippen molar-refractivity contribution in [2.24, 2.45) is 0 Å². The van der Waals surface area contributed by atoms with E-state index in [4.69, 9.17) is 14.2 Å². The quantitative estimate of drug-likeness (QED) is 0.255. The summed E-state index contributed by atoms with van der Waals surface area (Å²) in [5.41, 5.74) is 1.13. The molecule has 0 bridgehead atoms. The Hall–Kier alpha value is -4.62. The highest BCUT2D eigenvalue weighted by Crippen LogP contribution is 2.44. The van der Waals surface area contributed by atoms with Crippen LogP contribution in [0.4, 0.5) is 11.5 Å². The van der Waals surface area contributed by atoms with E-state index in [2.05, 4.69) is 19.9 Å². The number of rotatable bonds is 10. The largest absolute Gasteiger partial charge is 0.493 e. The number of carboxylic acid groups (broad SMARTS) is 1. The topological polar surface area (TPSA) is 157 Å². The van der Waals surface area contributed by atoms with Gasteiger partial charge in [-0.25, -0.2) is 28.3 Å². The third-order valence-corrected chi connectivity index (χ3v) is 6.21. The van der Waals surface area contributed by atoms with E-state index in [9.17, 15) is 18.7 Å². The lowest BCUT2D eigenvalue weighted by atomic mass is 9.87. The summed E-state index contributed by atoms with van der Waals surface area (Å²) in [6.07, 6.45) is 2.94. The molecule has 1 atom stereocenters. The standard InChI is InChI=1S/C27H27N5O7S/c1-27(2,3)17-10-12-18(13-11-17)32(40(35)36)25-22(39-20-9-6-5-8-19(20)37-4)26(38-16-21(33)34)31-24(30-25)23-28-14-7-15-29-23/h5-15H,16H2,1-4H3,(H,33,34)(H,35,36). The van der Waals surface area contributed by atoms with Crippen molar-refractivity contribution in [1.82, 2.24) is 19.9 Å². The Balaban J connectivity index is 1.98. The average molecular weight is 566 g/mol. The average Bonchev–Trinajstić information content (AvgIpc) is 2.93. The zero-order valence-electron chi connectivity index (χ0n) is 22.1. The van der Waals surface area contributed by atoms with E-state index >= 15 is 0 Å². The second-order valence-electron chi connectivity index (χ2n) is 9.33. The lowest BCUT2D eigenvalue weighted by Gasteiger charge is -2.25. The first-order valence-electron chi connectivity index (χ1n) is 11.9. The highest BCUT2D eigenvalue weighted by atomic mass is 32.2. The summed E-state index contributed by atoms with van der Waals surface area (Å²) >= 11 is -2.68. The summed E-state index contributed by atoms with van der Waals surface area (Å²) in [6.45, 7) is 5.36. The van der Waals surface area contributed by atoms with Crippen molar-refractivity contribution in [3.05, 3.63) is 72.6 Å². The van der Waals surface area contributed by atoms with Crippen LogP contribution in [0, 0.1) is 0 Å². The first-order chi connectivity index (χ1) is 19.1. The maximum absolute atomic E-state index is 12.9. The number of para-hydroxylation sites is 2. The van der Waals surface area contributed by atoms with Crippen LogP contribution in [0.2, 0.25) is 0 Å². The van der Waals surface area contributed by atoms with Crippen molar-refractivity contribution in [1.29, 1.82) is 0 Å². The van der Waals surface area contributed by atoms with Crippen LogP contribution in [-0.4, -0.2) is 53.5 Å². The lowest BCUT2D eigenvalue weighted by molar-refractivity contribution is -0.139. The van der Waals surface area contributed by atoms with Gasteiger partial charge in [-0.15, -0.1) is 0 Å². The molecule has 2 aromatic heterocycles. The summed E-state index contributed by atoms with van der Waals surface area (Å²) in [5, 5.41) is 9.31. The molecule has 0 amide bonds. The monoisotopic (exact) mass is 565 g/mol. The van der Waals surface area contributed by atoms with Gasteiger partial charge in [-0.05, 0) is 41.3 Å². The molecule has 2 N–H and O–H groups in total. The van der Waals surface area contributed by atoms with Gasteiger partial charge in [0, 0.05) is 12.4 Å². The molecule has 0 aliphatic heterocycles. The fourth-order valence-corrected chi connectivity index (χ4v) is 4.16. The fraction of sp³-hybridized carbons (Fsp3) is 0.222. The van der Waals surface area contributed by atoms with E-state index in [1.807, 2.05) is 32.9 Å². The third kappa shape index (κ3) is 6.50. The molecule has 13 heteroatoms. The fourth-order valence-electron chi connectivity index (χ4n) is 3.58. The molecule has 4 rings (SSSR count). The second kappa shape index (κ2) is 12.1. The van der Waals surface area contributed by atoms with E-state index in [1.165, 1.54) is 19.5 Å². The first-order valence-corrected chi connectivity index (χ1v) is 13.0. The molecule has 2 aromatic carbocycles. The minimum atomic E-state index is -2.68. The Morgan fingerprint density at radius 2 is 1.60 bits per heavy atom. The summed E-state index contributed by atoms with van der Waals surface area (Å²) in [4.78, 5) is 28.5. The Bertz CT molecular complexity index is 1510. The maximum atomic E-state index is 12.9. The third-order valence-electron chi connectivity index (χ3n) is 5.51. The minimum absolute atomic E-state index is 0.0690. The number of hydrogen-bond donors (Lipinski definition) is 2. The van der Waals surface area contributed by atoms with Crippen molar-refractivity contribution >= 4 is 28.7 Å². The van der Waals surface area contributed by atoms with Crippen molar-refractivity contribution in [2.45, 2.75) is 26.2 Å². The van der Waals surface area contributed by atoms with E-state index < -0.39 is 23.8 Å². The Labute approximate surface area is 233 Å². The van der Waals surface area contributed by atoms with Gasteiger partial charge in [0.25, 0.3) is 17.1 Å². The van der Waals surface area contributed by atoms with Gasteiger partial charge in [-0.2, -0.15) is 4.98 Å². The van der Waals surface area contributed by atoms with Crippen LogP contribution in [0.15, 0.2) is 67.0 Å². The molecule has 0 fully saturated rings. The van der Waals surface area contributed by atoms with E-state index in [-0.39, 0.29) is 40.3 Å². The molecule has 208 valence electrons. The van der Waals surface area contributed by atoms with Crippen LogP contribution in [0.1, 0.15) is 26.3 Å². The van der Waals surface area contributed by atoms with Crippen molar-refractivity contribution in [2.75, 3.05) is 18.0 Å². The zero-order valence-corrected chi connectivity index (χ0v) is 23.0. The highest BCUT2D eigenvalue weighted by molar-refractivity contribution is 7.81. The van der Waals surface area contributed by atoms with Gasteiger partial charge in [-0.1, -0.05) is 45.0 Å². The van der Waals surface area contributed by atoms with E-state index in [0.717, 1.165) is 9.87 Å². The molecule has 40 heavy (non-hydrogen) atoms. The Kier molecular flexibility index (Phi) is 8.55. The predicted octanol–water partition coefficient (Wildman–Crippen LogP) is 4.77. The molecule has 0 aliphatic carbocycles. The van der Waals surface area contributed by atoms with Crippen LogP contribution in [0.25, 0.3) is 11.6 Å². The summed E-state index contributed by atoms with van der Waals surface area (Å²) in [5.74, 6) is -1.51. The number of anilines is 2. The lowest BCUT2D eigenvalue weighted by Crippen LogP contribution is -2.23. The van der Waals surface area contributed by atoms with Crippen LogP contribution in [0.3, 0.4) is 0 Å². The minimum Gasteiger partial charge on any atom is -0.493 e. The van der Waals surface area contributed by atoms with Crippen molar-refractivity contribution in [3.63, 3.8) is 0 Å². The predicted molar refractivity (Wildman–Crippen MR) is 147 cm³/mol. The summed E-state index contributed by atoms with van der Waals surface area (Å²) in [7, 11) is 1.45. The molecule has 0 aliphatic rings. The second-order valence-corrected chi connectivity index (χ2v) is 10.2. The smallest absolute Gasteiger partial charge is 0.341 e. The molecule has 0 saturated carbocycles. The summed E-state index contributed by atoms with van der Waals surface area (Å²) < 4.78 is 41.4. The first kappa shape index (κ1) is 28.4. The van der Waals surface area contributed by atoms with Gasteiger partial charge >= 0.3 is 5.97 Å². The SMILES string of the molecule is COc1ccccc1Oc1c(OCC(=O)O)nc(-c2ncccn2)nc1N(c1ccc(C(C)(C)C)cc1)S(=O)O. The molecule has 1 unspecified atom stereocenters. The van der Waals surface area contributed by atoms with Gasteiger partial charge in [0.15, 0.2) is 29.7 Å². The van der Waals surface area contributed by atoms with Gasteiger partial charge in [-0.3, -0.25) is 4.55 Å². The van der Waals surface area contributed by atoms with Gasteiger partial charge in [0.05, 0.1) is 12.8 Å². The van der Waals surface area contributed by atoms with Crippen LogP contribution in [-0.2, 0) is 21.5 Å². The van der Waals surface area contributed by atoms with E-state index in [1.54, 1.807) is 42.5 Å². The molecular weight excluding hydrogens is 538 g/mol. The number of carbonyl (C=O) groups is 1. The number of aromatic nitrogens is 4. The molecule has 12 nitrogen and oxygen atoms in total. The van der Waals surface area contributed by atoms with Gasteiger partial charge in [0.1, 0.15) is 0 Å². The van der Waals surface area contributed by atoms with Gasteiger partial charge < -0.3 is 19.3 Å². The Morgan fingerprint density at radius 1 is 0.950 bits per heavy atom. The van der Waals surface area contributed by atoms with Crippen LogP contribution in [0.5, 0.6) is 23.1 Å². The number of aliphatic carboxylic acids is 1. The number of methoxy groups -OCH3 is 1. The van der Waals surface area contributed by atoms with Crippen molar-refractivity contribution in [3.8, 4) is 34.8 Å². The molecule has 0 radical (unpaired) electrons. The van der Waals surface area contributed by atoms with Gasteiger partial charge in [0.2, 0.25) is 11.6 Å². The highest BCUT2D eigenvalue weighted by Gasteiger charge is 2.30. The maximum Gasteiger partial charge on any atom is 0.341 e. The summed E-state index contributed by atoms with van der Waals surface area (Å²) in [6, 6.07) is 15.3. The van der Waals surface area contributed by atoms with Crippen LogP contribution >= 0.6 is 0 Å². The Morgan fingerprint density at radius 3 is 2.17 bits per heavy atom. The van der Waals surface area contributed by atoms with E-state index in [0.29, 0.717) is 11.4 Å². The zero-order chi connectivity index (χ0) is 28.9. The number of hydrogen-bond acceptors (Lipinski definition) is 9.